The number of hydrogen-bond acceptors (Lipinski definition) is 4. The largest absolute Gasteiger partial charge is 0.388 e. The lowest BCUT2D eigenvalue weighted by atomic mass is 10.1. The van der Waals surface area contributed by atoms with Gasteiger partial charge in [0, 0.05) is 29.7 Å². The van der Waals surface area contributed by atoms with Crippen LogP contribution in [0.15, 0.2) is 23.1 Å². The van der Waals surface area contributed by atoms with E-state index in [1.165, 1.54) is 0 Å². The summed E-state index contributed by atoms with van der Waals surface area (Å²) >= 11 is 1.59. The number of carbonyl (C=O) groups excluding carboxylic acids is 1. The lowest BCUT2D eigenvalue weighted by molar-refractivity contribution is -0.116. The number of rotatable bonds is 3. The maximum absolute atomic E-state index is 12.1. The minimum atomic E-state index is -0.398. The van der Waals surface area contributed by atoms with Crippen molar-refractivity contribution in [3.8, 4) is 0 Å². The lowest BCUT2D eigenvalue weighted by Gasteiger charge is -2.34. The van der Waals surface area contributed by atoms with Gasteiger partial charge in [0.15, 0.2) is 0 Å². The highest BCUT2D eigenvalue weighted by atomic mass is 32.2. The third-order valence-electron chi connectivity index (χ3n) is 2.76. The molecule has 0 radical (unpaired) electrons. The first-order valence-electron chi connectivity index (χ1n) is 5.94. The van der Waals surface area contributed by atoms with Gasteiger partial charge in [0.1, 0.15) is 0 Å². The molecule has 3 N–H and O–H groups in total. The predicted molar refractivity (Wildman–Crippen MR) is 77.3 cm³/mol. The van der Waals surface area contributed by atoms with E-state index in [1.807, 2.05) is 33.0 Å². The van der Waals surface area contributed by atoms with Crippen molar-refractivity contribution >= 4 is 29.0 Å². The Kier molecular flexibility index (Phi) is 3.54. The number of nitrogens with zero attached hydrogens (tertiary/aromatic N) is 1. The van der Waals surface area contributed by atoms with Gasteiger partial charge in [-0.05, 0) is 32.0 Å². The Bertz CT molecular complexity index is 468. The van der Waals surface area contributed by atoms with E-state index < -0.39 is 5.54 Å². The van der Waals surface area contributed by atoms with Crippen LogP contribution in [0.25, 0.3) is 0 Å². The molecule has 0 bridgehead atoms. The van der Waals surface area contributed by atoms with Crippen molar-refractivity contribution in [2.24, 2.45) is 5.73 Å². The standard InChI is InChI=1S/C13H19N3OS/c1-13(2,14)8-16-10-6-9(15-3)4-5-11(10)18-7-12(16)17/h4-6,15H,7-8,14H2,1-3H3. The molecule has 0 aliphatic carbocycles. The summed E-state index contributed by atoms with van der Waals surface area (Å²) in [5, 5.41) is 3.10. The third kappa shape index (κ3) is 2.79. The average molecular weight is 265 g/mol. The molecular weight excluding hydrogens is 246 g/mol. The van der Waals surface area contributed by atoms with Gasteiger partial charge in [-0.3, -0.25) is 4.79 Å². The molecule has 1 amide bonds. The molecular formula is C13H19N3OS. The number of benzene rings is 1. The molecule has 5 heteroatoms. The zero-order valence-electron chi connectivity index (χ0n) is 11.0. The first-order chi connectivity index (χ1) is 8.40. The van der Waals surface area contributed by atoms with Gasteiger partial charge in [-0.1, -0.05) is 0 Å². The van der Waals surface area contributed by atoms with E-state index in [9.17, 15) is 4.79 Å². The summed E-state index contributed by atoms with van der Waals surface area (Å²) in [5.41, 5.74) is 7.61. The molecule has 0 saturated heterocycles. The number of carbonyl (C=O) groups is 1. The highest BCUT2D eigenvalue weighted by Gasteiger charge is 2.28. The van der Waals surface area contributed by atoms with Crippen molar-refractivity contribution in [1.29, 1.82) is 0 Å². The lowest BCUT2D eigenvalue weighted by Crippen LogP contribution is -2.49. The first kappa shape index (κ1) is 13.2. The third-order valence-corrected chi connectivity index (χ3v) is 3.80. The van der Waals surface area contributed by atoms with Crippen molar-refractivity contribution in [3.63, 3.8) is 0 Å². The van der Waals surface area contributed by atoms with Gasteiger partial charge in [-0.25, -0.2) is 0 Å². The fourth-order valence-corrected chi connectivity index (χ4v) is 2.85. The zero-order valence-corrected chi connectivity index (χ0v) is 11.8. The molecule has 0 atom stereocenters. The van der Waals surface area contributed by atoms with Crippen LogP contribution in [0.5, 0.6) is 0 Å². The smallest absolute Gasteiger partial charge is 0.237 e. The molecule has 0 aromatic heterocycles. The molecule has 1 aliphatic rings. The summed E-state index contributed by atoms with van der Waals surface area (Å²) < 4.78 is 0. The van der Waals surface area contributed by atoms with E-state index in [2.05, 4.69) is 11.4 Å². The van der Waals surface area contributed by atoms with Crippen LogP contribution in [-0.4, -0.2) is 30.8 Å². The van der Waals surface area contributed by atoms with Crippen LogP contribution in [0.4, 0.5) is 11.4 Å². The van der Waals surface area contributed by atoms with Crippen molar-refractivity contribution in [2.45, 2.75) is 24.3 Å². The molecule has 1 heterocycles. The highest BCUT2D eigenvalue weighted by Crippen LogP contribution is 2.37. The predicted octanol–water partition coefficient (Wildman–Crippen LogP) is 1.90. The van der Waals surface area contributed by atoms with Crippen molar-refractivity contribution < 1.29 is 4.79 Å². The summed E-state index contributed by atoms with van der Waals surface area (Å²) in [5.74, 6) is 0.612. The highest BCUT2D eigenvalue weighted by molar-refractivity contribution is 8.00. The van der Waals surface area contributed by atoms with E-state index >= 15 is 0 Å². The maximum atomic E-state index is 12.1. The number of thioether (sulfide) groups is 1. The number of nitrogens with one attached hydrogen (secondary N) is 1. The molecule has 1 aromatic carbocycles. The van der Waals surface area contributed by atoms with Gasteiger partial charge in [0.25, 0.3) is 0 Å². The number of fused-ring (bicyclic) bond motifs is 1. The fourth-order valence-electron chi connectivity index (χ4n) is 1.94. The minimum Gasteiger partial charge on any atom is -0.388 e. The quantitative estimate of drug-likeness (QED) is 0.876. The van der Waals surface area contributed by atoms with Gasteiger partial charge in [-0.2, -0.15) is 0 Å². The van der Waals surface area contributed by atoms with Crippen LogP contribution >= 0.6 is 11.8 Å². The second kappa shape index (κ2) is 4.82. The maximum Gasteiger partial charge on any atom is 0.237 e. The van der Waals surface area contributed by atoms with Crippen molar-refractivity contribution in [2.75, 3.05) is 29.6 Å². The Labute approximate surface area is 112 Å². The Morgan fingerprint density at radius 3 is 2.83 bits per heavy atom. The first-order valence-corrected chi connectivity index (χ1v) is 6.93. The number of amides is 1. The fraction of sp³-hybridized carbons (Fsp3) is 0.462. The molecule has 0 saturated carbocycles. The Morgan fingerprint density at radius 1 is 1.50 bits per heavy atom. The molecule has 98 valence electrons. The van der Waals surface area contributed by atoms with E-state index in [-0.39, 0.29) is 5.91 Å². The van der Waals surface area contributed by atoms with Crippen LogP contribution in [0.3, 0.4) is 0 Å². The Morgan fingerprint density at radius 2 is 2.22 bits per heavy atom. The van der Waals surface area contributed by atoms with Crippen LogP contribution in [0, 0.1) is 0 Å². The molecule has 1 aliphatic heterocycles. The topological polar surface area (TPSA) is 58.4 Å². The Hall–Kier alpha value is -1.20. The van der Waals surface area contributed by atoms with E-state index in [0.717, 1.165) is 16.3 Å². The average Bonchev–Trinajstić information content (AvgIpc) is 2.31. The van der Waals surface area contributed by atoms with Crippen LogP contribution < -0.4 is 16.0 Å². The molecule has 2 rings (SSSR count). The summed E-state index contributed by atoms with van der Waals surface area (Å²) in [6.45, 7) is 4.40. The summed E-state index contributed by atoms with van der Waals surface area (Å²) in [6, 6.07) is 6.08. The molecule has 4 nitrogen and oxygen atoms in total. The summed E-state index contributed by atoms with van der Waals surface area (Å²) in [6.07, 6.45) is 0. The Balaban J connectivity index is 2.39. The normalized spacial score (nSPS) is 15.6. The molecule has 0 fully saturated rings. The van der Waals surface area contributed by atoms with Crippen LogP contribution in [0.2, 0.25) is 0 Å². The summed E-state index contributed by atoms with van der Waals surface area (Å²) in [7, 11) is 1.87. The van der Waals surface area contributed by atoms with E-state index in [4.69, 9.17) is 5.73 Å². The SMILES string of the molecule is CNc1ccc2c(c1)N(CC(C)(C)N)C(=O)CS2. The number of anilines is 2. The summed E-state index contributed by atoms with van der Waals surface area (Å²) in [4.78, 5) is 15.0. The van der Waals surface area contributed by atoms with Crippen LogP contribution in [0.1, 0.15) is 13.8 Å². The van der Waals surface area contributed by atoms with Crippen LogP contribution in [-0.2, 0) is 4.79 Å². The second-order valence-corrected chi connectivity index (χ2v) is 6.21. The molecule has 18 heavy (non-hydrogen) atoms. The molecule has 0 unspecified atom stereocenters. The van der Waals surface area contributed by atoms with Gasteiger partial charge in [0.05, 0.1) is 11.4 Å². The van der Waals surface area contributed by atoms with Crippen molar-refractivity contribution in [3.05, 3.63) is 18.2 Å². The van der Waals surface area contributed by atoms with Gasteiger partial charge in [0.2, 0.25) is 5.91 Å². The monoisotopic (exact) mass is 265 g/mol. The number of nitrogens with two attached hydrogens (primary N) is 1. The second-order valence-electron chi connectivity index (χ2n) is 5.19. The number of hydrogen-bond donors (Lipinski definition) is 2. The van der Waals surface area contributed by atoms with Gasteiger partial charge >= 0.3 is 0 Å². The zero-order chi connectivity index (χ0) is 13.3. The molecule has 0 spiro atoms. The van der Waals surface area contributed by atoms with Gasteiger partial charge < -0.3 is 16.0 Å². The van der Waals surface area contributed by atoms with E-state index in [1.54, 1.807) is 16.7 Å². The molecule has 1 aromatic rings. The van der Waals surface area contributed by atoms with Gasteiger partial charge in [-0.15, -0.1) is 11.8 Å². The minimum absolute atomic E-state index is 0.124. The van der Waals surface area contributed by atoms with Crippen molar-refractivity contribution in [1.82, 2.24) is 0 Å². The van der Waals surface area contributed by atoms with E-state index in [0.29, 0.717) is 12.3 Å².